The summed E-state index contributed by atoms with van der Waals surface area (Å²) in [5.74, 6) is 0. The Hall–Kier alpha value is 0.420. The summed E-state index contributed by atoms with van der Waals surface area (Å²) in [6, 6.07) is 7.09. The molecule has 2 rings (SSSR count). The van der Waals surface area contributed by atoms with Crippen LogP contribution in [-0.4, -0.2) is 5.11 Å². The molecule has 2 aromatic rings. The molecule has 0 spiro atoms. The number of benzene rings is 1. The summed E-state index contributed by atoms with van der Waals surface area (Å²) < 4.78 is 1.85. The van der Waals surface area contributed by atoms with Gasteiger partial charge >= 0.3 is 0 Å². The fourth-order valence-corrected chi connectivity index (χ4v) is 3.89. The van der Waals surface area contributed by atoms with Crippen molar-refractivity contribution < 1.29 is 5.11 Å². The minimum absolute atomic E-state index is 0.391. The summed E-state index contributed by atoms with van der Waals surface area (Å²) in [6.07, 6.45) is -0.770. The van der Waals surface area contributed by atoms with E-state index in [0.29, 0.717) is 15.6 Å². The third-order valence-electron chi connectivity index (χ3n) is 2.21. The first-order valence-electron chi connectivity index (χ1n) is 4.57. The van der Waals surface area contributed by atoms with Gasteiger partial charge in [0.2, 0.25) is 0 Å². The Morgan fingerprint density at radius 3 is 2.53 bits per heavy atom. The summed E-state index contributed by atoms with van der Waals surface area (Å²) in [7, 11) is 0. The predicted octanol–water partition coefficient (Wildman–Crippen LogP) is 5.66. The van der Waals surface area contributed by atoms with Gasteiger partial charge in [-0.05, 0) is 44.0 Å². The van der Waals surface area contributed by atoms with Gasteiger partial charge in [-0.2, -0.15) is 0 Å². The van der Waals surface area contributed by atoms with E-state index < -0.39 is 6.10 Å². The molecule has 0 aliphatic heterocycles. The minimum atomic E-state index is -0.770. The predicted molar refractivity (Wildman–Crippen MR) is 80.2 cm³/mol. The van der Waals surface area contributed by atoms with Crippen LogP contribution >= 0.6 is 66.4 Å². The Morgan fingerprint density at radius 2 is 1.94 bits per heavy atom. The second-order valence-electron chi connectivity index (χ2n) is 3.32. The smallest absolute Gasteiger partial charge is 0.115 e. The number of aliphatic hydroxyl groups excluding tert-OH is 1. The molecule has 0 fully saturated rings. The zero-order valence-electron chi connectivity index (χ0n) is 8.25. The maximum atomic E-state index is 10.3. The van der Waals surface area contributed by atoms with Gasteiger partial charge in [0, 0.05) is 14.9 Å². The molecule has 1 aromatic carbocycles. The van der Waals surface area contributed by atoms with Crippen molar-refractivity contribution in [1.82, 2.24) is 0 Å². The number of aliphatic hydroxyl groups is 1. The molecule has 1 aromatic heterocycles. The third-order valence-corrected chi connectivity index (χ3v) is 6.35. The van der Waals surface area contributed by atoms with E-state index in [0.717, 1.165) is 13.1 Å². The van der Waals surface area contributed by atoms with Crippen LogP contribution in [0.1, 0.15) is 16.5 Å². The van der Waals surface area contributed by atoms with Crippen molar-refractivity contribution >= 4 is 66.4 Å². The summed E-state index contributed by atoms with van der Waals surface area (Å²) >= 11 is 20.2. The van der Waals surface area contributed by atoms with Crippen molar-refractivity contribution in [1.29, 1.82) is 0 Å². The number of thiophene rings is 1. The molecule has 1 nitrogen and oxygen atoms in total. The molecular formula is C11H6Br2Cl2OS. The SMILES string of the molecule is OC(c1cc(Br)c(Br)s1)c1cccc(Cl)c1Cl. The highest BCUT2D eigenvalue weighted by Crippen LogP contribution is 2.40. The maximum absolute atomic E-state index is 10.3. The highest BCUT2D eigenvalue weighted by Gasteiger charge is 2.18. The van der Waals surface area contributed by atoms with Crippen molar-refractivity contribution in [2.75, 3.05) is 0 Å². The van der Waals surface area contributed by atoms with Crippen LogP contribution < -0.4 is 0 Å². The average molecular weight is 417 g/mol. The molecule has 0 radical (unpaired) electrons. The molecule has 1 atom stereocenters. The average Bonchev–Trinajstić information content (AvgIpc) is 2.62. The lowest BCUT2D eigenvalue weighted by Crippen LogP contribution is -1.98. The molecule has 0 saturated heterocycles. The summed E-state index contributed by atoms with van der Waals surface area (Å²) in [5.41, 5.74) is 0.611. The second-order valence-corrected chi connectivity index (χ2v) is 7.36. The van der Waals surface area contributed by atoms with Crippen LogP contribution in [0, 0.1) is 0 Å². The molecule has 90 valence electrons. The topological polar surface area (TPSA) is 20.2 Å². The van der Waals surface area contributed by atoms with Gasteiger partial charge in [-0.25, -0.2) is 0 Å². The normalized spacial score (nSPS) is 12.8. The number of hydrogen-bond acceptors (Lipinski definition) is 2. The molecule has 0 saturated carbocycles. The van der Waals surface area contributed by atoms with E-state index in [2.05, 4.69) is 31.9 Å². The standard InChI is InChI=1S/C11H6Br2Cl2OS/c12-6-4-8(17-11(6)13)10(16)5-2-1-3-7(14)9(5)15/h1-4,10,16H. The van der Waals surface area contributed by atoms with Gasteiger partial charge in [-0.3, -0.25) is 0 Å². The molecule has 1 N–H and O–H groups in total. The van der Waals surface area contributed by atoms with Gasteiger partial charge in [0.15, 0.2) is 0 Å². The lowest BCUT2D eigenvalue weighted by atomic mass is 10.1. The Balaban J connectivity index is 2.43. The first kappa shape index (κ1) is 13.8. The maximum Gasteiger partial charge on any atom is 0.115 e. The second kappa shape index (κ2) is 5.59. The van der Waals surface area contributed by atoms with Gasteiger partial charge < -0.3 is 5.11 Å². The zero-order chi connectivity index (χ0) is 12.6. The first-order valence-corrected chi connectivity index (χ1v) is 7.73. The fourth-order valence-electron chi connectivity index (χ4n) is 1.38. The molecule has 0 bridgehead atoms. The minimum Gasteiger partial charge on any atom is -0.383 e. The number of hydrogen-bond donors (Lipinski definition) is 1. The molecule has 0 aliphatic rings. The fraction of sp³-hybridized carbons (Fsp3) is 0.0909. The highest BCUT2D eigenvalue weighted by atomic mass is 79.9. The molecule has 6 heteroatoms. The molecule has 17 heavy (non-hydrogen) atoms. The van der Waals surface area contributed by atoms with Gasteiger partial charge in [-0.1, -0.05) is 35.3 Å². The van der Waals surface area contributed by atoms with E-state index in [9.17, 15) is 5.11 Å². The monoisotopic (exact) mass is 414 g/mol. The summed E-state index contributed by atoms with van der Waals surface area (Å²) in [5, 5.41) is 11.1. The largest absolute Gasteiger partial charge is 0.383 e. The van der Waals surface area contributed by atoms with Crippen molar-refractivity contribution in [2.45, 2.75) is 6.10 Å². The quantitative estimate of drug-likeness (QED) is 0.669. The zero-order valence-corrected chi connectivity index (χ0v) is 13.8. The van der Waals surface area contributed by atoms with E-state index in [4.69, 9.17) is 23.2 Å². The number of halogens is 4. The molecule has 1 unspecified atom stereocenters. The van der Waals surface area contributed by atoms with Crippen LogP contribution in [0.5, 0.6) is 0 Å². The molecule has 1 heterocycles. The highest BCUT2D eigenvalue weighted by molar-refractivity contribution is 9.13. The third kappa shape index (κ3) is 2.88. The van der Waals surface area contributed by atoms with Crippen molar-refractivity contribution in [2.24, 2.45) is 0 Å². The van der Waals surface area contributed by atoms with Crippen molar-refractivity contribution in [3.05, 3.63) is 53.0 Å². The number of rotatable bonds is 2. The van der Waals surface area contributed by atoms with E-state index in [1.165, 1.54) is 11.3 Å². The van der Waals surface area contributed by atoms with Crippen LogP contribution in [0.3, 0.4) is 0 Å². The van der Waals surface area contributed by atoms with Crippen molar-refractivity contribution in [3.8, 4) is 0 Å². The first-order chi connectivity index (χ1) is 8.00. The van der Waals surface area contributed by atoms with Crippen LogP contribution in [0.15, 0.2) is 32.5 Å². The van der Waals surface area contributed by atoms with Gasteiger partial charge in [-0.15, -0.1) is 11.3 Å². The lowest BCUT2D eigenvalue weighted by Gasteiger charge is -2.11. The Bertz CT molecular complexity index is 537. The molecule has 0 aliphatic carbocycles. The summed E-state index contributed by atoms with van der Waals surface area (Å²) in [6.45, 7) is 0. The van der Waals surface area contributed by atoms with Gasteiger partial charge in [0.1, 0.15) is 6.10 Å². The van der Waals surface area contributed by atoms with Crippen molar-refractivity contribution in [3.63, 3.8) is 0 Å². The lowest BCUT2D eigenvalue weighted by molar-refractivity contribution is 0.224. The summed E-state index contributed by atoms with van der Waals surface area (Å²) in [4.78, 5) is 0.799. The van der Waals surface area contributed by atoms with Crippen LogP contribution in [0.2, 0.25) is 10.0 Å². The van der Waals surface area contributed by atoms with E-state index >= 15 is 0 Å². The van der Waals surface area contributed by atoms with Gasteiger partial charge in [0.25, 0.3) is 0 Å². The van der Waals surface area contributed by atoms with Gasteiger partial charge in [0.05, 0.1) is 13.8 Å². The van der Waals surface area contributed by atoms with E-state index in [1.807, 2.05) is 6.07 Å². The van der Waals surface area contributed by atoms with Crippen LogP contribution in [-0.2, 0) is 0 Å². The molecule has 0 amide bonds. The Morgan fingerprint density at radius 1 is 1.24 bits per heavy atom. The van der Waals surface area contributed by atoms with E-state index in [-0.39, 0.29) is 0 Å². The Labute approximate surface area is 130 Å². The van der Waals surface area contributed by atoms with E-state index in [1.54, 1.807) is 18.2 Å². The molecular weight excluding hydrogens is 411 g/mol. The van der Waals surface area contributed by atoms with Crippen LogP contribution in [0.4, 0.5) is 0 Å². The Kier molecular flexibility index (Phi) is 4.55. The van der Waals surface area contributed by atoms with Crippen LogP contribution in [0.25, 0.3) is 0 Å².